The van der Waals surface area contributed by atoms with Gasteiger partial charge in [0.05, 0.1) is 22.2 Å². The molecule has 2 aliphatic heterocycles. The number of aromatic nitrogens is 2. The number of benzene rings is 2. The predicted molar refractivity (Wildman–Crippen MR) is 140 cm³/mol. The van der Waals surface area contributed by atoms with Crippen molar-refractivity contribution in [3.05, 3.63) is 88.3 Å². The second kappa shape index (κ2) is 9.72. The van der Waals surface area contributed by atoms with E-state index in [0.717, 1.165) is 27.6 Å². The van der Waals surface area contributed by atoms with Crippen LogP contribution >= 0.6 is 23.2 Å². The third kappa shape index (κ3) is 4.40. The van der Waals surface area contributed by atoms with Crippen LogP contribution in [0.3, 0.4) is 0 Å². The molecule has 0 amide bonds. The van der Waals surface area contributed by atoms with Gasteiger partial charge < -0.3 is 29.4 Å². The zero-order valence-corrected chi connectivity index (χ0v) is 20.9. The highest BCUT2D eigenvalue weighted by Crippen LogP contribution is 2.34. The molecule has 1 fully saturated rings. The standard InChI is InChI=1S/C27H23Cl2N3O5/c28-19-6-3-14(8-20(19)29)11-32-12-18(17-5-4-15(9-21(17)32)16-2-1-7-30-10-16)26-31-23-25(35)24(34)22(13-33)36-27(23)37-26/h1-10,12,22-25,27,33-35H,11,13H2/t22-,23-,24-,25-,27-/m1/s1. The van der Waals surface area contributed by atoms with Gasteiger partial charge >= 0.3 is 0 Å². The fourth-order valence-electron chi connectivity index (χ4n) is 4.85. The van der Waals surface area contributed by atoms with Gasteiger partial charge in [0.1, 0.15) is 24.4 Å². The second-order valence-corrected chi connectivity index (χ2v) is 9.96. The molecule has 37 heavy (non-hydrogen) atoms. The SMILES string of the molecule is OC[C@H]1O[C@@H]2OC(c3cn(Cc4ccc(Cl)c(Cl)c4)c4cc(-c5cccnc5)ccc34)=N[C@@H]2[C@@H](O)[C@@H]1O. The lowest BCUT2D eigenvalue weighted by Gasteiger charge is -2.36. The molecule has 0 radical (unpaired) electrons. The van der Waals surface area contributed by atoms with Crippen molar-refractivity contribution in [2.45, 2.75) is 37.2 Å². The molecule has 0 saturated carbocycles. The highest BCUT2D eigenvalue weighted by Gasteiger charge is 2.49. The smallest absolute Gasteiger partial charge is 0.227 e. The van der Waals surface area contributed by atoms with Crippen molar-refractivity contribution in [1.82, 2.24) is 9.55 Å². The number of rotatable bonds is 5. The summed E-state index contributed by atoms with van der Waals surface area (Å²) < 4.78 is 13.7. The Labute approximate surface area is 222 Å². The van der Waals surface area contributed by atoms with E-state index in [9.17, 15) is 15.3 Å². The van der Waals surface area contributed by atoms with Crippen LogP contribution < -0.4 is 0 Å². The van der Waals surface area contributed by atoms with Gasteiger partial charge in [-0.2, -0.15) is 0 Å². The third-order valence-electron chi connectivity index (χ3n) is 6.79. The van der Waals surface area contributed by atoms with E-state index < -0.39 is 37.3 Å². The summed E-state index contributed by atoms with van der Waals surface area (Å²) in [6, 6.07) is 14.7. The molecule has 0 unspecified atom stereocenters. The molecular weight excluding hydrogens is 517 g/mol. The van der Waals surface area contributed by atoms with Gasteiger partial charge in [-0.25, -0.2) is 4.99 Å². The van der Waals surface area contributed by atoms with Gasteiger partial charge in [-0.3, -0.25) is 4.98 Å². The normalized spacial score (nSPS) is 25.1. The van der Waals surface area contributed by atoms with Gasteiger partial charge in [-0.05, 0) is 35.4 Å². The van der Waals surface area contributed by atoms with Crippen LogP contribution in [0.2, 0.25) is 10.0 Å². The van der Waals surface area contributed by atoms with Gasteiger partial charge in [0.2, 0.25) is 12.2 Å². The number of halogens is 2. The zero-order valence-electron chi connectivity index (χ0n) is 19.4. The summed E-state index contributed by atoms with van der Waals surface area (Å²) in [5.41, 5.74) is 4.58. The van der Waals surface area contributed by atoms with E-state index >= 15 is 0 Å². The average molecular weight is 540 g/mol. The highest BCUT2D eigenvalue weighted by atomic mass is 35.5. The Balaban J connectivity index is 1.43. The molecule has 2 aromatic carbocycles. The van der Waals surface area contributed by atoms with Crippen LogP contribution in [0.25, 0.3) is 22.0 Å². The van der Waals surface area contributed by atoms with E-state index in [1.54, 1.807) is 12.3 Å². The highest BCUT2D eigenvalue weighted by molar-refractivity contribution is 6.42. The molecule has 2 aromatic heterocycles. The predicted octanol–water partition coefficient (Wildman–Crippen LogP) is 3.64. The van der Waals surface area contributed by atoms with E-state index in [1.807, 2.05) is 48.8 Å². The molecule has 0 bridgehead atoms. The maximum absolute atomic E-state index is 10.6. The van der Waals surface area contributed by atoms with Crippen molar-refractivity contribution in [2.75, 3.05) is 6.61 Å². The molecule has 4 aromatic rings. The Morgan fingerprint density at radius 3 is 2.59 bits per heavy atom. The minimum atomic E-state index is -1.27. The Morgan fingerprint density at radius 2 is 1.84 bits per heavy atom. The van der Waals surface area contributed by atoms with Crippen LogP contribution in [-0.2, 0) is 16.0 Å². The average Bonchev–Trinajstić information content (AvgIpc) is 3.50. The number of hydrogen-bond acceptors (Lipinski definition) is 7. The minimum absolute atomic E-state index is 0.298. The first-order valence-electron chi connectivity index (χ1n) is 11.8. The largest absolute Gasteiger partial charge is 0.445 e. The summed E-state index contributed by atoms with van der Waals surface area (Å²) in [5.74, 6) is 0.298. The number of aliphatic hydroxyl groups excluding tert-OH is 3. The summed E-state index contributed by atoms with van der Waals surface area (Å²) in [6.45, 7) is 0.0642. The number of hydrogen-bond donors (Lipinski definition) is 3. The monoisotopic (exact) mass is 539 g/mol. The third-order valence-corrected chi connectivity index (χ3v) is 7.53. The van der Waals surface area contributed by atoms with Crippen LogP contribution in [0.1, 0.15) is 11.1 Å². The Morgan fingerprint density at radius 1 is 0.973 bits per heavy atom. The summed E-state index contributed by atoms with van der Waals surface area (Å²) >= 11 is 12.4. The summed E-state index contributed by atoms with van der Waals surface area (Å²) in [7, 11) is 0. The van der Waals surface area contributed by atoms with E-state index in [1.165, 1.54) is 0 Å². The topological polar surface area (TPSA) is 109 Å². The summed E-state index contributed by atoms with van der Waals surface area (Å²) in [4.78, 5) is 8.81. The molecular formula is C27H23Cl2N3O5. The molecule has 4 heterocycles. The number of aliphatic imine (C=N–C) groups is 1. The van der Waals surface area contributed by atoms with Crippen LogP contribution in [0.4, 0.5) is 0 Å². The molecule has 10 heteroatoms. The Kier molecular flexibility index (Phi) is 6.40. The van der Waals surface area contributed by atoms with Crippen LogP contribution in [0, 0.1) is 0 Å². The van der Waals surface area contributed by atoms with Crippen molar-refractivity contribution < 1.29 is 24.8 Å². The molecule has 2 aliphatic rings. The van der Waals surface area contributed by atoms with Gasteiger partial charge in [0, 0.05) is 41.6 Å². The van der Waals surface area contributed by atoms with Crippen LogP contribution in [0.15, 0.2) is 72.1 Å². The molecule has 8 nitrogen and oxygen atoms in total. The number of ether oxygens (including phenoxy) is 2. The van der Waals surface area contributed by atoms with Crippen LogP contribution in [-0.4, -0.2) is 68.0 Å². The molecule has 6 rings (SSSR count). The van der Waals surface area contributed by atoms with Crippen molar-refractivity contribution in [2.24, 2.45) is 4.99 Å². The quantitative estimate of drug-likeness (QED) is 0.357. The first-order chi connectivity index (χ1) is 17.9. The lowest BCUT2D eigenvalue weighted by atomic mass is 9.98. The first kappa shape index (κ1) is 24.4. The van der Waals surface area contributed by atoms with Gasteiger partial charge in [-0.15, -0.1) is 0 Å². The van der Waals surface area contributed by atoms with Crippen molar-refractivity contribution in [3.8, 4) is 11.1 Å². The lowest BCUT2D eigenvalue weighted by Crippen LogP contribution is -2.56. The van der Waals surface area contributed by atoms with E-state index in [-0.39, 0.29) is 0 Å². The van der Waals surface area contributed by atoms with Gasteiger partial charge in [0.15, 0.2) is 0 Å². The minimum Gasteiger partial charge on any atom is -0.445 e. The summed E-state index contributed by atoms with van der Waals surface area (Å²) in [6.07, 6.45) is 1.12. The Hall–Kier alpha value is -2.98. The first-order valence-corrected chi connectivity index (χ1v) is 12.5. The van der Waals surface area contributed by atoms with E-state index in [0.29, 0.717) is 28.1 Å². The molecule has 5 atom stereocenters. The van der Waals surface area contributed by atoms with Gasteiger partial charge in [-0.1, -0.05) is 47.5 Å². The van der Waals surface area contributed by atoms with Crippen molar-refractivity contribution in [3.63, 3.8) is 0 Å². The number of pyridine rings is 1. The van der Waals surface area contributed by atoms with E-state index in [2.05, 4.69) is 20.6 Å². The fraction of sp³-hybridized carbons (Fsp3) is 0.259. The molecule has 3 N–H and O–H groups in total. The summed E-state index contributed by atoms with van der Waals surface area (Å²) in [5, 5.41) is 32.2. The van der Waals surface area contributed by atoms with Crippen molar-refractivity contribution in [1.29, 1.82) is 0 Å². The van der Waals surface area contributed by atoms with Crippen molar-refractivity contribution >= 4 is 40.0 Å². The number of fused-ring (bicyclic) bond motifs is 2. The lowest BCUT2D eigenvalue weighted by molar-refractivity contribution is -0.234. The zero-order chi connectivity index (χ0) is 25.7. The fourth-order valence-corrected chi connectivity index (χ4v) is 5.17. The van der Waals surface area contributed by atoms with E-state index in [4.69, 9.17) is 32.7 Å². The Bertz CT molecular complexity index is 1490. The number of nitrogens with zero attached hydrogens (tertiary/aromatic N) is 3. The molecule has 1 saturated heterocycles. The second-order valence-electron chi connectivity index (χ2n) is 9.14. The maximum Gasteiger partial charge on any atom is 0.227 e. The molecule has 0 aliphatic carbocycles. The maximum atomic E-state index is 10.6. The number of aliphatic hydroxyl groups is 3. The molecule has 0 spiro atoms. The molecule has 190 valence electrons. The van der Waals surface area contributed by atoms with Gasteiger partial charge in [0.25, 0.3) is 0 Å². The van der Waals surface area contributed by atoms with Crippen LogP contribution in [0.5, 0.6) is 0 Å².